The summed E-state index contributed by atoms with van der Waals surface area (Å²) >= 11 is 1.79. The van der Waals surface area contributed by atoms with Crippen LogP contribution < -0.4 is 5.32 Å². The van der Waals surface area contributed by atoms with E-state index in [9.17, 15) is 4.79 Å². The first kappa shape index (κ1) is 15.0. The van der Waals surface area contributed by atoms with E-state index in [1.165, 1.54) is 21.0 Å². The van der Waals surface area contributed by atoms with Crippen LogP contribution in [0, 0.1) is 0 Å². The normalized spacial score (nSPS) is 12.0. The van der Waals surface area contributed by atoms with Gasteiger partial charge in [0.15, 0.2) is 0 Å². The van der Waals surface area contributed by atoms with E-state index in [4.69, 9.17) is 4.74 Å². The van der Waals surface area contributed by atoms with Gasteiger partial charge in [-0.1, -0.05) is 36.0 Å². The van der Waals surface area contributed by atoms with Crippen molar-refractivity contribution >= 4 is 29.1 Å². The van der Waals surface area contributed by atoms with Crippen LogP contribution in [0.2, 0.25) is 0 Å². The molecule has 1 heterocycles. The lowest BCUT2D eigenvalue weighted by Crippen LogP contribution is -2.06. The minimum atomic E-state index is -0.111. The Balaban J connectivity index is 1.72. The first-order chi connectivity index (χ1) is 10.8. The number of benzene rings is 2. The molecule has 0 aliphatic carbocycles. The summed E-state index contributed by atoms with van der Waals surface area (Å²) in [5, 5.41) is 3.54. The molecule has 0 amide bonds. The number of hydrogen-bond acceptors (Lipinski definition) is 4. The maximum absolute atomic E-state index is 11.4. The van der Waals surface area contributed by atoms with Gasteiger partial charge in [0, 0.05) is 16.2 Å². The van der Waals surface area contributed by atoms with Crippen molar-refractivity contribution in [1.29, 1.82) is 0 Å². The average Bonchev–Trinajstić information content (AvgIpc) is 2.53. The van der Waals surface area contributed by atoms with Crippen LogP contribution in [-0.2, 0) is 16.0 Å². The standard InChI is InChI=1S/C18H19NO2S/c1-2-21-17(20)12-6-8-13-7-5-11-16-18(13)19-14-9-3-4-10-15(14)22-16/h3-5,7,9-11,19H,2,6,8,12H2,1H3. The predicted molar refractivity (Wildman–Crippen MR) is 89.9 cm³/mol. The van der Waals surface area contributed by atoms with Gasteiger partial charge in [0.05, 0.1) is 18.0 Å². The second-order valence-electron chi connectivity index (χ2n) is 5.17. The van der Waals surface area contributed by atoms with Crippen molar-refractivity contribution in [2.24, 2.45) is 0 Å². The second-order valence-corrected chi connectivity index (χ2v) is 6.26. The first-order valence-corrected chi connectivity index (χ1v) is 8.41. The van der Waals surface area contributed by atoms with E-state index in [2.05, 4.69) is 41.7 Å². The summed E-state index contributed by atoms with van der Waals surface area (Å²) in [5.41, 5.74) is 3.58. The molecule has 0 radical (unpaired) electrons. The molecule has 0 spiro atoms. The molecule has 0 saturated heterocycles. The summed E-state index contributed by atoms with van der Waals surface area (Å²) in [7, 11) is 0. The largest absolute Gasteiger partial charge is 0.466 e. The fourth-order valence-corrected chi connectivity index (χ4v) is 3.62. The van der Waals surface area contributed by atoms with Crippen LogP contribution in [0.5, 0.6) is 0 Å². The minimum Gasteiger partial charge on any atom is -0.466 e. The molecule has 0 aromatic heterocycles. The SMILES string of the molecule is CCOC(=O)CCCc1cccc2c1Nc1ccccc1S2. The number of carbonyl (C=O) groups is 1. The van der Waals surface area contributed by atoms with E-state index in [0.717, 1.165) is 18.5 Å². The number of fused-ring (bicyclic) bond motifs is 2. The van der Waals surface area contributed by atoms with Crippen molar-refractivity contribution < 1.29 is 9.53 Å². The maximum Gasteiger partial charge on any atom is 0.305 e. The van der Waals surface area contributed by atoms with E-state index in [0.29, 0.717) is 13.0 Å². The van der Waals surface area contributed by atoms with Crippen LogP contribution in [0.15, 0.2) is 52.3 Å². The highest BCUT2D eigenvalue weighted by atomic mass is 32.2. The van der Waals surface area contributed by atoms with E-state index >= 15 is 0 Å². The topological polar surface area (TPSA) is 38.3 Å². The lowest BCUT2D eigenvalue weighted by Gasteiger charge is -2.23. The second kappa shape index (κ2) is 6.88. The highest BCUT2D eigenvalue weighted by Crippen LogP contribution is 2.45. The lowest BCUT2D eigenvalue weighted by molar-refractivity contribution is -0.143. The van der Waals surface area contributed by atoms with Gasteiger partial charge in [0.1, 0.15) is 0 Å². The van der Waals surface area contributed by atoms with Crippen molar-refractivity contribution in [2.75, 3.05) is 11.9 Å². The van der Waals surface area contributed by atoms with Crippen LogP contribution in [-0.4, -0.2) is 12.6 Å². The average molecular weight is 313 g/mol. The van der Waals surface area contributed by atoms with Crippen LogP contribution in [0.1, 0.15) is 25.3 Å². The number of ether oxygens (including phenoxy) is 1. The number of aryl methyl sites for hydroxylation is 1. The number of anilines is 2. The van der Waals surface area contributed by atoms with Crippen molar-refractivity contribution in [3.63, 3.8) is 0 Å². The Hall–Kier alpha value is -1.94. The molecular weight excluding hydrogens is 294 g/mol. The van der Waals surface area contributed by atoms with Crippen LogP contribution in [0.3, 0.4) is 0 Å². The van der Waals surface area contributed by atoms with Gasteiger partial charge in [0.25, 0.3) is 0 Å². The van der Waals surface area contributed by atoms with Gasteiger partial charge < -0.3 is 10.1 Å². The number of rotatable bonds is 5. The monoisotopic (exact) mass is 313 g/mol. The third kappa shape index (κ3) is 3.28. The van der Waals surface area contributed by atoms with Gasteiger partial charge in [0.2, 0.25) is 0 Å². The Morgan fingerprint density at radius 1 is 1.14 bits per heavy atom. The van der Waals surface area contributed by atoms with Gasteiger partial charge in [-0.25, -0.2) is 0 Å². The molecule has 1 N–H and O–H groups in total. The van der Waals surface area contributed by atoms with E-state index < -0.39 is 0 Å². The van der Waals surface area contributed by atoms with Crippen LogP contribution in [0.25, 0.3) is 0 Å². The highest BCUT2D eigenvalue weighted by molar-refractivity contribution is 7.99. The molecule has 4 heteroatoms. The zero-order valence-corrected chi connectivity index (χ0v) is 13.4. The van der Waals surface area contributed by atoms with Crippen molar-refractivity contribution in [2.45, 2.75) is 36.0 Å². The minimum absolute atomic E-state index is 0.111. The van der Waals surface area contributed by atoms with Crippen molar-refractivity contribution in [3.05, 3.63) is 48.0 Å². The molecule has 0 saturated carbocycles. The summed E-state index contributed by atoms with van der Waals surface area (Å²) in [6.07, 6.45) is 2.15. The Bertz CT molecular complexity index is 685. The lowest BCUT2D eigenvalue weighted by atomic mass is 10.1. The Morgan fingerprint density at radius 2 is 1.95 bits per heavy atom. The number of para-hydroxylation sites is 2. The molecule has 22 heavy (non-hydrogen) atoms. The third-order valence-corrected chi connectivity index (χ3v) is 4.75. The van der Waals surface area contributed by atoms with E-state index in [-0.39, 0.29) is 5.97 Å². The molecule has 0 bridgehead atoms. The molecule has 0 fully saturated rings. The van der Waals surface area contributed by atoms with E-state index in [1.807, 2.05) is 13.0 Å². The zero-order valence-electron chi connectivity index (χ0n) is 12.6. The number of esters is 1. The Morgan fingerprint density at radius 3 is 2.82 bits per heavy atom. The van der Waals surface area contributed by atoms with Gasteiger partial charge in [-0.3, -0.25) is 4.79 Å². The predicted octanol–water partition coefficient (Wildman–Crippen LogP) is 4.78. The summed E-state index contributed by atoms with van der Waals surface area (Å²) in [6.45, 7) is 2.29. The van der Waals surface area contributed by atoms with Crippen molar-refractivity contribution in [1.82, 2.24) is 0 Å². The molecule has 2 aromatic carbocycles. The summed E-state index contributed by atoms with van der Waals surface area (Å²) < 4.78 is 4.98. The summed E-state index contributed by atoms with van der Waals surface area (Å²) in [4.78, 5) is 13.9. The molecule has 2 aromatic rings. The highest BCUT2D eigenvalue weighted by Gasteiger charge is 2.17. The molecule has 1 aliphatic heterocycles. The summed E-state index contributed by atoms with van der Waals surface area (Å²) in [6, 6.07) is 14.7. The number of nitrogens with one attached hydrogen (secondary N) is 1. The molecule has 1 aliphatic rings. The zero-order chi connectivity index (χ0) is 15.4. The maximum atomic E-state index is 11.4. The van der Waals surface area contributed by atoms with Gasteiger partial charge >= 0.3 is 5.97 Å². The fourth-order valence-electron chi connectivity index (χ4n) is 2.58. The number of carbonyl (C=O) groups excluding carboxylic acids is 1. The van der Waals surface area contributed by atoms with Gasteiger partial charge in [-0.15, -0.1) is 0 Å². The van der Waals surface area contributed by atoms with Crippen LogP contribution >= 0.6 is 11.8 Å². The smallest absolute Gasteiger partial charge is 0.305 e. The quantitative estimate of drug-likeness (QED) is 0.688. The number of hydrogen-bond donors (Lipinski definition) is 1. The van der Waals surface area contributed by atoms with Crippen LogP contribution in [0.4, 0.5) is 11.4 Å². The molecule has 3 nitrogen and oxygen atoms in total. The molecule has 0 atom stereocenters. The fraction of sp³-hybridized carbons (Fsp3) is 0.278. The van der Waals surface area contributed by atoms with E-state index in [1.54, 1.807) is 11.8 Å². The first-order valence-electron chi connectivity index (χ1n) is 7.59. The summed E-state index contributed by atoms with van der Waals surface area (Å²) in [5.74, 6) is -0.111. The Kier molecular flexibility index (Phi) is 4.68. The van der Waals surface area contributed by atoms with Crippen molar-refractivity contribution in [3.8, 4) is 0 Å². The third-order valence-electron chi connectivity index (χ3n) is 3.61. The van der Waals surface area contributed by atoms with Gasteiger partial charge in [-0.2, -0.15) is 0 Å². The Labute approximate surface area is 135 Å². The van der Waals surface area contributed by atoms with Gasteiger partial charge in [-0.05, 0) is 43.5 Å². The molecule has 0 unspecified atom stereocenters. The molecule has 3 rings (SSSR count). The molecular formula is C18H19NO2S. The molecule has 114 valence electrons.